The van der Waals surface area contributed by atoms with Crippen molar-refractivity contribution in [2.75, 3.05) is 0 Å². The monoisotopic (exact) mass is 175 g/mol. The fraction of sp³-hybridized carbons (Fsp3) is 0.333. The molecule has 0 bridgehead atoms. The molecule has 1 rings (SSSR count). The van der Waals surface area contributed by atoms with Crippen molar-refractivity contribution in [1.82, 2.24) is 0 Å². The third kappa shape index (κ3) is 0.844. The molecule has 0 aliphatic carbocycles. The standard InChI is InChI=1S/C3H4N.Sb/c1-2-3-4;/h2-3H,1H2;. The van der Waals surface area contributed by atoms with Crippen LogP contribution in [0.15, 0.2) is 15.4 Å². The Morgan fingerprint density at radius 2 is 2.80 bits per heavy atom. The summed E-state index contributed by atoms with van der Waals surface area (Å²) in [5.74, 6) is 0. The van der Waals surface area contributed by atoms with Crippen LogP contribution in [-0.2, 0) is 0 Å². The normalized spacial score (nSPS) is 17.6. The third-order valence-corrected chi connectivity index (χ3v) is 2.36. The van der Waals surface area contributed by atoms with E-state index in [-0.39, 0.29) is 21.4 Å². The Balaban J connectivity index is 2.61. The summed E-state index contributed by atoms with van der Waals surface area (Å²) < 4.78 is 5.36. The molecule has 0 N–H and O–H groups in total. The molecule has 0 saturated heterocycles. The van der Waals surface area contributed by atoms with Crippen molar-refractivity contribution in [3.8, 4) is 0 Å². The van der Waals surface area contributed by atoms with Crippen molar-refractivity contribution < 1.29 is 0 Å². The van der Waals surface area contributed by atoms with Crippen molar-refractivity contribution in [3.05, 3.63) is 12.3 Å². The molecule has 1 aliphatic heterocycles. The molecule has 26 valence electrons. The molecule has 2 heteroatoms. The summed E-state index contributed by atoms with van der Waals surface area (Å²) in [4.78, 5) is 0. The maximum atomic E-state index is 4.05. The summed E-state index contributed by atoms with van der Waals surface area (Å²) in [5.41, 5.74) is 0. The van der Waals surface area contributed by atoms with Gasteiger partial charge in [0.1, 0.15) is 0 Å². The van der Waals surface area contributed by atoms with Gasteiger partial charge in [0.2, 0.25) is 0 Å². The van der Waals surface area contributed by atoms with E-state index in [1.54, 1.807) is 0 Å². The van der Waals surface area contributed by atoms with E-state index in [0.717, 1.165) is 0 Å². The topological polar surface area (TPSA) is 12.4 Å². The van der Waals surface area contributed by atoms with Gasteiger partial charge in [-0.25, -0.2) is 0 Å². The number of allylic oxidation sites excluding steroid dienone is 1. The molecule has 0 saturated carbocycles. The fourth-order valence-electron chi connectivity index (χ4n) is 0.236. The molecule has 0 aromatic heterocycles. The molecular formula is C3H4NSb. The second-order valence-corrected chi connectivity index (χ2v) is 3.33. The molecule has 0 spiro atoms. The summed E-state index contributed by atoms with van der Waals surface area (Å²) in [6.07, 6.45) is 4.06. The zero-order valence-corrected chi connectivity index (χ0v) is 5.31. The first-order valence-electron chi connectivity index (χ1n) is 1.52. The Bertz CT molecular complexity index is 65.0. The summed E-state index contributed by atoms with van der Waals surface area (Å²) >= 11 is -0.0194. The molecule has 0 unspecified atom stereocenters. The first-order valence-corrected chi connectivity index (χ1v) is 4.46. The molecular weight excluding hydrogens is 172 g/mol. The number of nitrogens with zero attached hydrogens (tertiary/aromatic N) is 1. The van der Waals surface area contributed by atoms with Crippen LogP contribution in [0.1, 0.15) is 0 Å². The van der Waals surface area contributed by atoms with Crippen LogP contribution in [0.5, 0.6) is 0 Å². The molecule has 0 radical (unpaired) electrons. The Kier molecular flexibility index (Phi) is 1.21. The van der Waals surface area contributed by atoms with Gasteiger partial charge in [-0.15, -0.1) is 0 Å². The van der Waals surface area contributed by atoms with Crippen LogP contribution >= 0.6 is 0 Å². The molecule has 0 amide bonds. The number of hydrogen-bond donors (Lipinski definition) is 0. The maximum absolute atomic E-state index is 4.05. The zero-order chi connectivity index (χ0) is 3.54. The average Bonchev–Trinajstić information content (AvgIpc) is 1.76. The second-order valence-electron chi connectivity index (χ2n) is 0.824. The van der Waals surface area contributed by atoms with Gasteiger partial charge in [-0.05, 0) is 0 Å². The van der Waals surface area contributed by atoms with Gasteiger partial charge in [-0.2, -0.15) is 0 Å². The predicted molar refractivity (Wildman–Crippen MR) is 22.1 cm³/mol. The Morgan fingerprint density at radius 3 is 3.00 bits per heavy atom. The minimum absolute atomic E-state index is 0.0194. The van der Waals surface area contributed by atoms with Crippen LogP contribution in [-0.4, -0.2) is 21.4 Å². The molecule has 1 heterocycles. The first kappa shape index (κ1) is 3.54. The summed E-state index contributed by atoms with van der Waals surface area (Å²) in [6.45, 7) is 0. The molecule has 1 aliphatic rings. The van der Waals surface area contributed by atoms with Gasteiger partial charge in [0.15, 0.2) is 0 Å². The minimum atomic E-state index is -0.0194. The zero-order valence-electron chi connectivity index (χ0n) is 2.76. The van der Waals surface area contributed by atoms with Crippen molar-refractivity contribution in [3.63, 3.8) is 0 Å². The first-order chi connectivity index (χ1) is 2.50. The van der Waals surface area contributed by atoms with Crippen molar-refractivity contribution in [2.45, 2.75) is 4.37 Å². The Labute approximate surface area is 41.5 Å². The van der Waals surface area contributed by atoms with E-state index >= 15 is 0 Å². The van der Waals surface area contributed by atoms with Crippen molar-refractivity contribution >= 4 is 21.4 Å². The average molecular weight is 176 g/mol. The van der Waals surface area contributed by atoms with Crippen molar-refractivity contribution in [1.29, 1.82) is 0 Å². The van der Waals surface area contributed by atoms with Gasteiger partial charge in [-0.3, -0.25) is 0 Å². The molecule has 0 atom stereocenters. The fourth-order valence-corrected chi connectivity index (χ4v) is 1.58. The van der Waals surface area contributed by atoms with E-state index in [1.807, 2.05) is 6.20 Å². The second kappa shape index (κ2) is 1.71. The van der Waals surface area contributed by atoms with Crippen LogP contribution in [0.25, 0.3) is 0 Å². The van der Waals surface area contributed by atoms with Gasteiger partial charge in [0.05, 0.1) is 0 Å². The molecule has 1 nitrogen and oxygen atoms in total. The van der Waals surface area contributed by atoms with Crippen LogP contribution in [0.4, 0.5) is 0 Å². The van der Waals surface area contributed by atoms with Gasteiger partial charge < -0.3 is 0 Å². The Morgan fingerprint density at radius 1 is 1.80 bits per heavy atom. The summed E-state index contributed by atoms with van der Waals surface area (Å²) in [7, 11) is 0. The molecule has 0 aromatic carbocycles. The van der Waals surface area contributed by atoms with E-state index in [1.165, 1.54) is 4.37 Å². The number of hydrogen-bond acceptors (Lipinski definition) is 1. The van der Waals surface area contributed by atoms with E-state index in [2.05, 4.69) is 9.17 Å². The SMILES string of the molecule is C1=C[N]=[Sb][CH2]1. The van der Waals surface area contributed by atoms with Crippen molar-refractivity contribution in [2.24, 2.45) is 3.09 Å². The van der Waals surface area contributed by atoms with Gasteiger partial charge in [0, 0.05) is 0 Å². The summed E-state index contributed by atoms with van der Waals surface area (Å²) in [5, 5.41) is 0. The van der Waals surface area contributed by atoms with Crippen LogP contribution in [0.3, 0.4) is 0 Å². The third-order valence-electron chi connectivity index (χ3n) is 0.441. The quantitative estimate of drug-likeness (QED) is 0.484. The molecule has 0 fully saturated rings. The van der Waals surface area contributed by atoms with Crippen LogP contribution in [0.2, 0.25) is 4.37 Å². The molecule has 0 aromatic rings. The van der Waals surface area contributed by atoms with E-state index in [4.69, 9.17) is 0 Å². The van der Waals surface area contributed by atoms with E-state index < -0.39 is 0 Å². The summed E-state index contributed by atoms with van der Waals surface area (Å²) in [6, 6.07) is 0. The Hall–Kier alpha value is 0.358. The van der Waals surface area contributed by atoms with Gasteiger partial charge in [-0.1, -0.05) is 0 Å². The van der Waals surface area contributed by atoms with Crippen LogP contribution in [0, 0.1) is 0 Å². The predicted octanol–water partition coefficient (Wildman–Crippen LogP) is 0.820. The van der Waals surface area contributed by atoms with E-state index in [9.17, 15) is 0 Å². The van der Waals surface area contributed by atoms with Crippen LogP contribution < -0.4 is 0 Å². The number of rotatable bonds is 0. The van der Waals surface area contributed by atoms with E-state index in [0.29, 0.717) is 0 Å². The van der Waals surface area contributed by atoms with Gasteiger partial charge >= 0.3 is 41.2 Å². The van der Waals surface area contributed by atoms with Gasteiger partial charge in [0.25, 0.3) is 0 Å². The molecule has 5 heavy (non-hydrogen) atoms.